The van der Waals surface area contributed by atoms with Crippen molar-refractivity contribution in [2.75, 3.05) is 19.0 Å². The summed E-state index contributed by atoms with van der Waals surface area (Å²) in [5.74, 6) is 0.738. The van der Waals surface area contributed by atoms with E-state index in [1.165, 1.54) is 7.11 Å². The van der Waals surface area contributed by atoms with Crippen LogP contribution in [0, 0.1) is 6.92 Å². The number of halogens is 2. The molecule has 2 aromatic carbocycles. The predicted octanol–water partition coefficient (Wildman–Crippen LogP) is 6.46. The SMILES string of the molecule is COc1cc(C2C3=C(CCCC3=O)OC3=C2C(=O)CCC3)cc(Cl)c1OCC(=O)Nc1ccc(C)c(Cl)c1. The number of anilines is 1. The Morgan fingerprint density at radius 1 is 0.974 bits per heavy atom. The molecule has 0 unspecified atom stereocenters. The molecule has 0 spiro atoms. The Morgan fingerprint density at radius 2 is 1.63 bits per heavy atom. The van der Waals surface area contributed by atoms with Crippen molar-refractivity contribution in [2.24, 2.45) is 0 Å². The number of Topliss-reactive ketones (excluding diaryl/α,β-unsaturated/α-hetero) is 2. The number of nitrogens with one attached hydrogen (secondary N) is 1. The summed E-state index contributed by atoms with van der Waals surface area (Å²) in [7, 11) is 1.47. The number of hydrogen-bond acceptors (Lipinski definition) is 6. The van der Waals surface area contributed by atoms with E-state index < -0.39 is 11.8 Å². The smallest absolute Gasteiger partial charge is 0.262 e. The number of carbonyl (C=O) groups is 3. The van der Waals surface area contributed by atoms with E-state index in [0.717, 1.165) is 5.56 Å². The molecule has 0 saturated carbocycles. The summed E-state index contributed by atoms with van der Waals surface area (Å²) < 4.78 is 17.4. The van der Waals surface area contributed by atoms with Crippen LogP contribution in [0.1, 0.15) is 55.6 Å². The van der Waals surface area contributed by atoms with E-state index >= 15 is 0 Å². The first-order valence-electron chi connectivity index (χ1n) is 12.5. The van der Waals surface area contributed by atoms with E-state index in [-0.39, 0.29) is 28.9 Å². The number of hydrogen-bond donors (Lipinski definition) is 1. The van der Waals surface area contributed by atoms with Crippen LogP contribution in [0.15, 0.2) is 53.0 Å². The highest BCUT2D eigenvalue weighted by Gasteiger charge is 2.42. The lowest BCUT2D eigenvalue weighted by atomic mass is 9.73. The molecule has 1 amide bonds. The standard InChI is InChI=1S/C29H27Cl2NO6/c1-15-9-10-17(13-18(15)30)32-25(35)14-37-29-19(31)11-16(12-24(29)36-2)26-27-20(33)5-3-7-22(27)38-23-8-4-6-21(34)28(23)26/h9-13,26H,3-8,14H2,1-2H3,(H,32,35). The van der Waals surface area contributed by atoms with E-state index in [0.29, 0.717) is 83.2 Å². The molecule has 0 aromatic heterocycles. The van der Waals surface area contributed by atoms with E-state index in [1.54, 1.807) is 24.3 Å². The number of benzene rings is 2. The maximum absolute atomic E-state index is 13.1. The first kappa shape index (κ1) is 26.3. The second kappa shape index (κ2) is 10.8. The topological polar surface area (TPSA) is 90.9 Å². The Labute approximate surface area is 230 Å². The summed E-state index contributed by atoms with van der Waals surface area (Å²) in [5, 5.41) is 3.48. The van der Waals surface area contributed by atoms with Crippen LogP contribution < -0.4 is 14.8 Å². The lowest BCUT2D eigenvalue weighted by Crippen LogP contribution is -2.30. The number of methoxy groups -OCH3 is 1. The molecule has 1 aliphatic heterocycles. The van der Waals surface area contributed by atoms with Gasteiger partial charge in [-0.2, -0.15) is 0 Å². The van der Waals surface area contributed by atoms with Crippen molar-refractivity contribution in [1.82, 2.24) is 0 Å². The monoisotopic (exact) mass is 555 g/mol. The molecule has 0 bridgehead atoms. The highest BCUT2D eigenvalue weighted by atomic mass is 35.5. The second-order valence-electron chi connectivity index (χ2n) is 9.60. The summed E-state index contributed by atoms with van der Waals surface area (Å²) in [5.41, 5.74) is 3.13. The fourth-order valence-electron chi connectivity index (χ4n) is 5.20. The van der Waals surface area contributed by atoms with E-state index in [4.69, 9.17) is 37.4 Å². The van der Waals surface area contributed by atoms with Gasteiger partial charge in [0.05, 0.1) is 12.1 Å². The maximum Gasteiger partial charge on any atom is 0.262 e. The molecule has 1 heterocycles. The molecular weight excluding hydrogens is 529 g/mol. The van der Waals surface area contributed by atoms with Crippen LogP contribution in [-0.2, 0) is 19.1 Å². The van der Waals surface area contributed by atoms with Gasteiger partial charge in [0.25, 0.3) is 5.91 Å². The average Bonchev–Trinajstić information content (AvgIpc) is 2.89. The minimum absolute atomic E-state index is 0.0236. The quantitative estimate of drug-likeness (QED) is 0.440. The number of carbonyl (C=O) groups excluding carboxylic acids is 3. The molecule has 9 heteroatoms. The van der Waals surface area contributed by atoms with Crippen LogP contribution in [0.4, 0.5) is 5.69 Å². The van der Waals surface area contributed by atoms with Crippen molar-refractivity contribution in [3.63, 3.8) is 0 Å². The van der Waals surface area contributed by atoms with Gasteiger partial charge in [0.15, 0.2) is 29.7 Å². The van der Waals surface area contributed by atoms with E-state index in [9.17, 15) is 14.4 Å². The number of allylic oxidation sites excluding steroid dienone is 4. The highest BCUT2D eigenvalue weighted by molar-refractivity contribution is 6.32. The summed E-state index contributed by atoms with van der Waals surface area (Å²) in [6.45, 7) is 1.55. The molecule has 1 N–H and O–H groups in total. The van der Waals surface area contributed by atoms with Gasteiger partial charge in [-0.05, 0) is 55.2 Å². The minimum atomic E-state index is -0.579. The van der Waals surface area contributed by atoms with Gasteiger partial charge in [-0.3, -0.25) is 14.4 Å². The molecule has 2 aliphatic carbocycles. The van der Waals surface area contributed by atoms with Gasteiger partial charge in [-0.1, -0.05) is 29.3 Å². The normalized spacial score (nSPS) is 17.6. The Hall–Kier alpha value is -3.29. The number of ether oxygens (including phenoxy) is 3. The largest absolute Gasteiger partial charge is 0.493 e. The highest BCUT2D eigenvalue weighted by Crippen LogP contribution is 2.50. The summed E-state index contributed by atoms with van der Waals surface area (Å²) in [6, 6.07) is 8.61. The Bertz CT molecular complexity index is 1370. The summed E-state index contributed by atoms with van der Waals surface area (Å²) in [4.78, 5) is 38.6. The molecule has 5 rings (SSSR count). The second-order valence-corrected chi connectivity index (χ2v) is 10.4. The maximum atomic E-state index is 13.1. The van der Waals surface area contributed by atoms with Gasteiger partial charge in [-0.25, -0.2) is 0 Å². The molecule has 7 nitrogen and oxygen atoms in total. The van der Waals surface area contributed by atoms with Crippen LogP contribution in [0.5, 0.6) is 11.5 Å². The Balaban J connectivity index is 1.44. The van der Waals surface area contributed by atoms with Gasteiger partial charge in [0, 0.05) is 53.5 Å². The number of amides is 1. The molecule has 0 radical (unpaired) electrons. The van der Waals surface area contributed by atoms with Gasteiger partial charge in [-0.15, -0.1) is 0 Å². The molecule has 2 aromatic rings. The van der Waals surface area contributed by atoms with Crippen molar-refractivity contribution in [3.05, 3.63) is 74.2 Å². The molecule has 0 saturated heterocycles. The molecular formula is C29H27Cl2NO6. The third kappa shape index (κ3) is 5.05. The summed E-state index contributed by atoms with van der Waals surface area (Å²) >= 11 is 12.8. The summed E-state index contributed by atoms with van der Waals surface area (Å²) in [6.07, 6.45) is 3.54. The van der Waals surface area contributed by atoms with Gasteiger partial charge >= 0.3 is 0 Å². The zero-order valence-electron chi connectivity index (χ0n) is 21.1. The van der Waals surface area contributed by atoms with Gasteiger partial charge in [0.1, 0.15) is 11.5 Å². The fourth-order valence-corrected chi connectivity index (χ4v) is 5.66. The van der Waals surface area contributed by atoms with Crippen molar-refractivity contribution < 1.29 is 28.6 Å². The third-order valence-electron chi connectivity index (χ3n) is 7.03. The molecule has 0 atom stereocenters. The molecule has 198 valence electrons. The zero-order valence-corrected chi connectivity index (χ0v) is 22.6. The van der Waals surface area contributed by atoms with Crippen LogP contribution >= 0.6 is 23.2 Å². The lowest BCUT2D eigenvalue weighted by Gasteiger charge is -2.36. The van der Waals surface area contributed by atoms with Crippen LogP contribution in [0.25, 0.3) is 0 Å². The zero-order chi connectivity index (χ0) is 27.0. The number of ketones is 2. The molecule has 0 fully saturated rings. The number of rotatable bonds is 6. The van der Waals surface area contributed by atoms with Crippen molar-refractivity contribution in [3.8, 4) is 11.5 Å². The first-order valence-corrected chi connectivity index (χ1v) is 13.3. The van der Waals surface area contributed by atoms with Crippen molar-refractivity contribution in [1.29, 1.82) is 0 Å². The van der Waals surface area contributed by atoms with E-state index in [2.05, 4.69) is 5.32 Å². The van der Waals surface area contributed by atoms with E-state index in [1.807, 2.05) is 13.0 Å². The van der Waals surface area contributed by atoms with Crippen LogP contribution in [0.2, 0.25) is 10.0 Å². The van der Waals surface area contributed by atoms with Crippen molar-refractivity contribution >= 4 is 46.4 Å². The minimum Gasteiger partial charge on any atom is -0.493 e. The van der Waals surface area contributed by atoms with Gasteiger partial charge in [0.2, 0.25) is 0 Å². The Kier molecular flexibility index (Phi) is 7.50. The molecule has 38 heavy (non-hydrogen) atoms. The third-order valence-corrected chi connectivity index (χ3v) is 7.72. The fraction of sp³-hybridized carbons (Fsp3) is 0.345. The van der Waals surface area contributed by atoms with Gasteiger partial charge < -0.3 is 19.5 Å². The lowest BCUT2D eigenvalue weighted by molar-refractivity contribution is -0.119. The molecule has 3 aliphatic rings. The number of aryl methyl sites for hydroxylation is 1. The predicted molar refractivity (Wildman–Crippen MR) is 144 cm³/mol. The van der Waals surface area contributed by atoms with Crippen LogP contribution in [0.3, 0.4) is 0 Å². The van der Waals surface area contributed by atoms with Crippen LogP contribution in [-0.4, -0.2) is 31.2 Å². The Morgan fingerprint density at radius 3 is 2.24 bits per heavy atom. The van der Waals surface area contributed by atoms with Crippen molar-refractivity contribution in [2.45, 2.75) is 51.4 Å². The average molecular weight is 556 g/mol. The first-order chi connectivity index (χ1) is 18.3.